The van der Waals surface area contributed by atoms with Gasteiger partial charge in [0.15, 0.2) is 5.17 Å². The number of hydrogen-bond acceptors (Lipinski definition) is 3. The van der Waals surface area contributed by atoms with Crippen LogP contribution in [0, 0.1) is 6.92 Å². The Morgan fingerprint density at radius 2 is 2.09 bits per heavy atom. The molecule has 3 rings (SSSR count). The fourth-order valence-corrected chi connectivity index (χ4v) is 3.45. The van der Waals surface area contributed by atoms with E-state index in [-0.39, 0.29) is 5.91 Å². The predicted octanol–water partition coefficient (Wildman–Crippen LogP) is 3.97. The highest BCUT2D eigenvalue weighted by molar-refractivity contribution is 8.18. The Bertz CT molecular complexity index is 838. The van der Waals surface area contributed by atoms with E-state index in [0.717, 1.165) is 22.0 Å². The third-order valence-electron chi connectivity index (χ3n) is 3.69. The first-order chi connectivity index (χ1) is 11.0. The smallest absolute Gasteiger partial charge is 0.266 e. The fraction of sp³-hybridized carbons (Fsp3) is 0.176. The molecule has 1 aliphatic rings. The van der Waals surface area contributed by atoms with Crippen molar-refractivity contribution in [3.05, 3.63) is 57.7 Å². The summed E-state index contributed by atoms with van der Waals surface area (Å²) in [4.78, 5) is 18.6. The average molecular weight is 346 g/mol. The van der Waals surface area contributed by atoms with E-state index in [2.05, 4.69) is 4.99 Å². The zero-order valence-corrected chi connectivity index (χ0v) is 14.6. The SMILES string of the molecule is CN=C1SC(=Cc2cccn2-c2ccc(C)c(Cl)c2)C(=O)N1C. The monoisotopic (exact) mass is 345 g/mol. The molecule has 1 aromatic carbocycles. The normalized spacial score (nSPS) is 18.4. The van der Waals surface area contributed by atoms with Crippen LogP contribution in [0.25, 0.3) is 11.8 Å². The predicted molar refractivity (Wildman–Crippen MR) is 97.2 cm³/mol. The number of thioether (sulfide) groups is 1. The average Bonchev–Trinajstić information content (AvgIpc) is 3.10. The molecule has 0 N–H and O–H groups in total. The molecule has 6 heteroatoms. The summed E-state index contributed by atoms with van der Waals surface area (Å²) in [6, 6.07) is 9.84. The number of carbonyl (C=O) groups is 1. The molecule has 2 aromatic rings. The van der Waals surface area contributed by atoms with Crippen LogP contribution in [0.15, 0.2) is 46.4 Å². The van der Waals surface area contributed by atoms with E-state index in [4.69, 9.17) is 11.6 Å². The van der Waals surface area contributed by atoms with E-state index in [1.807, 2.05) is 54.1 Å². The highest BCUT2D eigenvalue weighted by Crippen LogP contribution is 2.32. The molecule has 1 fully saturated rings. The second-order valence-electron chi connectivity index (χ2n) is 5.22. The Morgan fingerprint density at radius 1 is 1.30 bits per heavy atom. The molecule has 0 saturated carbocycles. The number of aromatic nitrogens is 1. The Hall–Kier alpha value is -1.98. The topological polar surface area (TPSA) is 37.6 Å². The number of amidine groups is 1. The highest BCUT2D eigenvalue weighted by Gasteiger charge is 2.29. The quantitative estimate of drug-likeness (QED) is 0.772. The molecule has 4 nitrogen and oxygen atoms in total. The largest absolute Gasteiger partial charge is 0.317 e. The fourth-order valence-electron chi connectivity index (χ4n) is 2.36. The van der Waals surface area contributed by atoms with Gasteiger partial charge in [0.1, 0.15) is 0 Å². The number of nitrogens with zero attached hydrogens (tertiary/aromatic N) is 3. The first-order valence-corrected chi connectivity index (χ1v) is 8.29. The van der Waals surface area contributed by atoms with Crippen LogP contribution in [0.3, 0.4) is 0 Å². The minimum absolute atomic E-state index is 0.0368. The minimum Gasteiger partial charge on any atom is -0.317 e. The maximum Gasteiger partial charge on any atom is 0.266 e. The van der Waals surface area contributed by atoms with Gasteiger partial charge < -0.3 is 4.57 Å². The molecule has 1 amide bonds. The summed E-state index contributed by atoms with van der Waals surface area (Å²) in [5.74, 6) is -0.0368. The molecule has 0 unspecified atom stereocenters. The second kappa shape index (κ2) is 6.26. The summed E-state index contributed by atoms with van der Waals surface area (Å²) in [7, 11) is 3.42. The van der Waals surface area contributed by atoms with Crippen LogP contribution in [-0.2, 0) is 4.79 Å². The van der Waals surface area contributed by atoms with Crippen LogP contribution in [0.1, 0.15) is 11.3 Å². The van der Waals surface area contributed by atoms with Gasteiger partial charge in [-0.3, -0.25) is 14.7 Å². The number of hydrogen-bond donors (Lipinski definition) is 0. The van der Waals surface area contributed by atoms with Crippen molar-refractivity contribution in [2.75, 3.05) is 14.1 Å². The van der Waals surface area contributed by atoms with Crippen LogP contribution < -0.4 is 0 Å². The van der Waals surface area contributed by atoms with E-state index in [1.54, 1.807) is 19.0 Å². The van der Waals surface area contributed by atoms with Crippen molar-refractivity contribution in [1.82, 2.24) is 9.47 Å². The molecule has 0 bridgehead atoms. The van der Waals surface area contributed by atoms with Gasteiger partial charge in [-0.25, -0.2) is 0 Å². The van der Waals surface area contributed by atoms with Gasteiger partial charge in [-0.1, -0.05) is 17.7 Å². The van der Waals surface area contributed by atoms with Crippen LogP contribution in [0.5, 0.6) is 0 Å². The minimum atomic E-state index is -0.0368. The van der Waals surface area contributed by atoms with E-state index in [1.165, 1.54) is 11.8 Å². The Morgan fingerprint density at radius 3 is 2.74 bits per heavy atom. The molecule has 0 atom stereocenters. The van der Waals surface area contributed by atoms with Crippen LogP contribution in [-0.4, -0.2) is 34.6 Å². The molecule has 1 aliphatic heterocycles. The Labute approximate surface area is 144 Å². The van der Waals surface area contributed by atoms with Crippen molar-refractivity contribution < 1.29 is 4.79 Å². The number of rotatable bonds is 2. The Kier molecular flexibility index (Phi) is 4.33. The van der Waals surface area contributed by atoms with E-state index < -0.39 is 0 Å². The summed E-state index contributed by atoms with van der Waals surface area (Å²) in [6.07, 6.45) is 3.84. The summed E-state index contributed by atoms with van der Waals surface area (Å²) < 4.78 is 2.01. The zero-order valence-electron chi connectivity index (χ0n) is 13.1. The first kappa shape index (κ1) is 15.9. The van der Waals surface area contributed by atoms with E-state index >= 15 is 0 Å². The molecule has 0 aliphatic carbocycles. The lowest BCUT2D eigenvalue weighted by Crippen LogP contribution is -2.23. The van der Waals surface area contributed by atoms with E-state index in [0.29, 0.717) is 10.1 Å². The number of halogens is 1. The van der Waals surface area contributed by atoms with Crippen molar-refractivity contribution in [3.63, 3.8) is 0 Å². The third-order valence-corrected chi connectivity index (χ3v) is 5.25. The number of aryl methyl sites for hydroxylation is 1. The molecule has 2 heterocycles. The standard InChI is InChI=1S/C17H16ClN3OS/c1-11-6-7-13(9-14(11)18)21-8-4-5-12(21)10-15-16(22)20(3)17(19-2)23-15/h4-10H,1-3H3. The summed E-state index contributed by atoms with van der Waals surface area (Å²) >= 11 is 7.61. The maximum atomic E-state index is 12.3. The summed E-state index contributed by atoms with van der Waals surface area (Å²) in [5.41, 5.74) is 2.92. The van der Waals surface area contributed by atoms with Gasteiger partial charge in [-0.2, -0.15) is 0 Å². The lowest BCUT2D eigenvalue weighted by Gasteiger charge is -2.09. The number of aliphatic imine (C=N–C) groups is 1. The lowest BCUT2D eigenvalue weighted by molar-refractivity contribution is -0.121. The van der Waals surface area contributed by atoms with Crippen molar-refractivity contribution >= 4 is 40.5 Å². The molecule has 0 radical (unpaired) electrons. The number of carbonyl (C=O) groups excluding carboxylic acids is 1. The molecule has 1 saturated heterocycles. The Balaban J connectivity index is 2.00. The molecule has 1 aromatic heterocycles. The molecular weight excluding hydrogens is 330 g/mol. The van der Waals surface area contributed by atoms with Crippen molar-refractivity contribution in [1.29, 1.82) is 0 Å². The lowest BCUT2D eigenvalue weighted by atomic mass is 10.2. The van der Waals surface area contributed by atoms with E-state index in [9.17, 15) is 4.79 Å². The third kappa shape index (κ3) is 2.94. The van der Waals surface area contributed by atoms with Gasteiger partial charge >= 0.3 is 0 Å². The molecule has 0 spiro atoms. The van der Waals surface area contributed by atoms with Crippen LogP contribution in [0.2, 0.25) is 5.02 Å². The molecular formula is C17H16ClN3OS. The van der Waals surface area contributed by atoms with Gasteiger partial charge in [-0.05, 0) is 54.6 Å². The first-order valence-electron chi connectivity index (χ1n) is 7.09. The van der Waals surface area contributed by atoms with Crippen molar-refractivity contribution in [3.8, 4) is 5.69 Å². The van der Waals surface area contributed by atoms with Crippen LogP contribution >= 0.6 is 23.4 Å². The van der Waals surface area contributed by atoms with Gasteiger partial charge in [0.2, 0.25) is 0 Å². The number of benzene rings is 1. The molecule has 23 heavy (non-hydrogen) atoms. The maximum absolute atomic E-state index is 12.3. The zero-order chi connectivity index (χ0) is 16.6. The van der Waals surface area contributed by atoms with Gasteiger partial charge in [-0.15, -0.1) is 0 Å². The van der Waals surface area contributed by atoms with Crippen LogP contribution in [0.4, 0.5) is 0 Å². The summed E-state index contributed by atoms with van der Waals surface area (Å²) in [5, 5.41) is 1.43. The van der Waals surface area contributed by atoms with Gasteiger partial charge in [0.25, 0.3) is 5.91 Å². The molecule has 118 valence electrons. The van der Waals surface area contributed by atoms with Gasteiger partial charge in [0, 0.05) is 36.7 Å². The van der Waals surface area contributed by atoms with Crippen molar-refractivity contribution in [2.45, 2.75) is 6.92 Å². The van der Waals surface area contributed by atoms with Gasteiger partial charge in [0.05, 0.1) is 4.91 Å². The van der Waals surface area contributed by atoms with Crippen molar-refractivity contribution in [2.24, 2.45) is 4.99 Å². The number of amides is 1. The highest BCUT2D eigenvalue weighted by atomic mass is 35.5. The summed E-state index contributed by atoms with van der Waals surface area (Å²) in [6.45, 7) is 1.97. The number of likely N-dealkylation sites (N-methyl/N-ethyl adjacent to an activating group) is 1. The second-order valence-corrected chi connectivity index (χ2v) is 6.63.